The molecule has 2 aromatic carbocycles. The number of hydrogen-bond donors (Lipinski definition) is 1. The van der Waals surface area contributed by atoms with Gasteiger partial charge in [0.1, 0.15) is 10.8 Å². The van der Waals surface area contributed by atoms with E-state index in [-0.39, 0.29) is 4.90 Å². The Morgan fingerprint density at radius 2 is 1.74 bits per heavy atom. The maximum absolute atomic E-state index is 12.8. The fourth-order valence-corrected chi connectivity index (χ4v) is 5.37. The van der Waals surface area contributed by atoms with Gasteiger partial charge < -0.3 is 5.73 Å². The third-order valence-corrected chi connectivity index (χ3v) is 6.80. The molecule has 3 rings (SSSR count). The van der Waals surface area contributed by atoms with Crippen LogP contribution in [0.3, 0.4) is 0 Å². The molecule has 2 aromatic rings. The van der Waals surface area contributed by atoms with Gasteiger partial charge in [-0.15, -0.1) is 0 Å². The Kier molecular flexibility index (Phi) is 3.89. The highest BCUT2D eigenvalue weighted by Gasteiger charge is 2.70. The summed E-state index contributed by atoms with van der Waals surface area (Å²) in [6.45, 7) is 0. The maximum Gasteiger partial charge on any atom is 0.184 e. The highest BCUT2D eigenvalue weighted by atomic mass is 35.5. The lowest BCUT2D eigenvalue weighted by Crippen LogP contribution is -2.29. The van der Waals surface area contributed by atoms with E-state index in [2.05, 4.69) is 0 Å². The minimum atomic E-state index is -3.76. The molecule has 0 amide bonds. The quantitative estimate of drug-likeness (QED) is 0.903. The summed E-state index contributed by atoms with van der Waals surface area (Å²) in [5.74, 6) is -0.619. The van der Waals surface area contributed by atoms with Crippen molar-refractivity contribution in [1.82, 2.24) is 0 Å². The molecule has 0 aliphatic heterocycles. The first-order chi connectivity index (χ1) is 10.8. The average molecular weight is 367 g/mol. The number of nitrogens with zero attached hydrogens (tertiary/aromatic N) is 1. The molecule has 0 unspecified atom stereocenters. The van der Waals surface area contributed by atoms with Crippen molar-refractivity contribution in [1.29, 1.82) is 5.26 Å². The molecule has 0 aromatic heterocycles. The molecule has 2 N–H and O–H groups in total. The molecule has 0 radical (unpaired) electrons. The van der Waals surface area contributed by atoms with E-state index in [4.69, 9.17) is 28.9 Å². The first kappa shape index (κ1) is 16.3. The van der Waals surface area contributed by atoms with Crippen molar-refractivity contribution < 1.29 is 8.42 Å². The monoisotopic (exact) mass is 366 g/mol. The Morgan fingerprint density at radius 1 is 1.09 bits per heavy atom. The second kappa shape index (κ2) is 5.50. The molecule has 118 valence electrons. The Labute approximate surface area is 144 Å². The third kappa shape index (κ3) is 2.62. The summed E-state index contributed by atoms with van der Waals surface area (Å²) in [7, 11) is -3.76. The summed E-state index contributed by atoms with van der Waals surface area (Å²) < 4.78 is 25.7. The number of sulfone groups is 1. The Bertz CT molecular complexity index is 906. The molecule has 23 heavy (non-hydrogen) atoms. The summed E-state index contributed by atoms with van der Waals surface area (Å²) in [6, 6.07) is 14.5. The molecule has 0 bridgehead atoms. The number of halogens is 2. The fourth-order valence-electron chi connectivity index (χ4n) is 2.86. The minimum Gasteiger partial charge on any atom is -0.312 e. The number of nitriles is 1. The number of rotatable bonds is 3. The number of hydrogen-bond acceptors (Lipinski definition) is 4. The Balaban J connectivity index is 2.05. The van der Waals surface area contributed by atoms with E-state index < -0.39 is 26.5 Å². The fraction of sp³-hybridized carbons (Fsp3) is 0.188. The summed E-state index contributed by atoms with van der Waals surface area (Å²) in [5, 5.41) is 9.29. The zero-order valence-electron chi connectivity index (χ0n) is 11.8. The van der Waals surface area contributed by atoms with Crippen LogP contribution in [0.5, 0.6) is 0 Å². The lowest BCUT2D eigenvalue weighted by Gasteiger charge is -2.04. The summed E-state index contributed by atoms with van der Waals surface area (Å²) in [5.41, 5.74) is 5.23. The molecule has 1 saturated carbocycles. The standard InChI is InChI=1S/C16H12Cl2N2O2S/c17-11-4-6-13(7-5-11)23(21,22)15-14(16(15,20)9-19)10-2-1-3-12(18)8-10/h1-8,14-15H,20H2/t14-,15+,16+/m1/s1. The van der Waals surface area contributed by atoms with Gasteiger partial charge in [0.2, 0.25) is 0 Å². The number of benzene rings is 2. The van der Waals surface area contributed by atoms with Crippen LogP contribution in [0.1, 0.15) is 11.5 Å². The molecule has 0 saturated heterocycles. The number of nitrogens with two attached hydrogens (primary N) is 1. The molecule has 4 nitrogen and oxygen atoms in total. The van der Waals surface area contributed by atoms with E-state index >= 15 is 0 Å². The van der Waals surface area contributed by atoms with Gasteiger partial charge in [-0.25, -0.2) is 8.42 Å². The van der Waals surface area contributed by atoms with Crippen molar-refractivity contribution in [2.45, 2.75) is 21.6 Å². The largest absolute Gasteiger partial charge is 0.312 e. The first-order valence-electron chi connectivity index (χ1n) is 6.76. The zero-order chi connectivity index (χ0) is 16.8. The van der Waals surface area contributed by atoms with Crippen molar-refractivity contribution >= 4 is 33.0 Å². The van der Waals surface area contributed by atoms with Crippen LogP contribution in [0.15, 0.2) is 53.4 Å². The predicted octanol–water partition coefficient (Wildman–Crippen LogP) is 3.15. The molecular weight excluding hydrogens is 355 g/mol. The lowest BCUT2D eigenvalue weighted by molar-refractivity contribution is 0.592. The van der Waals surface area contributed by atoms with Crippen LogP contribution >= 0.6 is 23.2 Å². The van der Waals surface area contributed by atoms with Crippen LogP contribution in [-0.4, -0.2) is 19.2 Å². The average Bonchev–Trinajstić information content (AvgIpc) is 3.15. The lowest BCUT2D eigenvalue weighted by atomic mass is 10.1. The van der Waals surface area contributed by atoms with E-state index in [9.17, 15) is 13.7 Å². The van der Waals surface area contributed by atoms with E-state index in [0.29, 0.717) is 15.6 Å². The second-order valence-electron chi connectivity index (χ2n) is 5.50. The molecule has 7 heteroatoms. The van der Waals surface area contributed by atoms with Gasteiger partial charge in [0.25, 0.3) is 0 Å². The first-order valence-corrected chi connectivity index (χ1v) is 9.06. The van der Waals surface area contributed by atoms with Gasteiger partial charge in [0.05, 0.1) is 11.0 Å². The zero-order valence-corrected chi connectivity index (χ0v) is 14.1. The van der Waals surface area contributed by atoms with Crippen molar-refractivity contribution in [3.8, 4) is 6.07 Å². The predicted molar refractivity (Wildman–Crippen MR) is 89.2 cm³/mol. The Hall–Kier alpha value is -1.58. The van der Waals surface area contributed by atoms with Crippen LogP contribution in [0.4, 0.5) is 0 Å². The van der Waals surface area contributed by atoms with E-state index in [1.807, 2.05) is 6.07 Å². The SMILES string of the molecule is N#C[C@]1(N)[C@H](c2cccc(Cl)c2)[C@@H]1S(=O)(=O)c1ccc(Cl)cc1. The molecule has 3 atom stereocenters. The van der Waals surface area contributed by atoms with E-state index in [0.717, 1.165) is 0 Å². The smallest absolute Gasteiger partial charge is 0.184 e. The molecule has 0 spiro atoms. The van der Waals surface area contributed by atoms with Gasteiger partial charge in [0, 0.05) is 16.0 Å². The van der Waals surface area contributed by atoms with Gasteiger partial charge in [-0.1, -0.05) is 35.3 Å². The van der Waals surface area contributed by atoms with Crippen LogP contribution < -0.4 is 5.73 Å². The molecule has 1 aliphatic carbocycles. The minimum absolute atomic E-state index is 0.0986. The topological polar surface area (TPSA) is 83.9 Å². The third-order valence-electron chi connectivity index (χ3n) is 4.06. The van der Waals surface area contributed by atoms with Crippen molar-refractivity contribution in [3.63, 3.8) is 0 Å². The van der Waals surface area contributed by atoms with E-state index in [1.54, 1.807) is 24.3 Å². The van der Waals surface area contributed by atoms with Gasteiger partial charge in [-0.05, 0) is 42.0 Å². The van der Waals surface area contributed by atoms with Crippen molar-refractivity contribution in [2.24, 2.45) is 5.73 Å². The van der Waals surface area contributed by atoms with Crippen molar-refractivity contribution in [2.75, 3.05) is 0 Å². The summed E-state index contributed by atoms with van der Waals surface area (Å²) >= 11 is 11.8. The summed E-state index contributed by atoms with van der Waals surface area (Å²) in [6.07, 6.45) is 0. The Morgan fingerprint density at radius 3 is 2.30 bits per heavy atom. The maximum atomic E-state index is 12.8. The molecule has 0 heterocycles. The van der Waals surface area contributed by atoms with Crippen LogP contribution in [0.2, 0.25) is 10.0 Å². The van der Waals surface area contributed by atoms with Gasteiger partial charge in [-0.3, -0.25) is 0 Å². The van der Waals surface area contributed by atoms with Gasteiger partial charge >= 0.3 is 0 Å². The van der Waals surface area contributed by atoms with Crippen LogP contribution in [-0.2, 0) is 9.84 Å². The molecular formula is C16H12Cl2N2O2S. The normalized spacial score (nSPS) is 26.5. The van der Waals surface area contributed by atoms with Crippen LogP contribution in [0.25, 0.3) is 0 Å². The molecule has 1 aliphatic rings. The molecule has 1 fully saturated rings. The van der Waals surface area contributed by atoms with E-state index in [1.165, 1.54) is 24.3 Å². The summed E-state index contributed by atoms with van der Waals surface area (Å²) in [4.78, 5) is 0.0986. The van der Waals surface area contributed by atoms with Gasteiger partial charge in [0.15, 0.2) is 9.84 Å². The highest BCUT2D eigenvalue weighted by molar-refractivity contribution is 7.92. The highest BCUT2D eigenvalue weighted by Crippen LogP contribution is 2.55. The van der Waals surface area contributed by atoms with Crippen LogP contribution in [0, 0.1) is 11.3 Å². The second-order valence-corrected chi connectivity index (χ2v) is 8.44. The van der Waals surface area contributed by atoms with Gasteiger partial charge in [-0.2, -0.15) is 5.26 Å². The van der Waals surface area contributed by atoms with Crippen molar-refractivity contribution in [3.05, 3.63) is 64.1 Å².